The van der Waals surface area contributed by atoms with Gasteiger partial charge >= 0.3 is 0 Å². The van der Waals surface area contributed by atoms with E-state index in [1.165, 1.54) is 12.1 Å². The normalized spacial score (nSPS) is 12.4. The molecule has 0 saturated carbocycles. The first-order valence-electron chi connectivity index (χ1n) is 10.2. The zero-order valence-corrected chi connectivity index (χ0v) is 19.0. The zero-order chi connectivity index (χ0) is 22.6. The quantitative estimate of drug-likeness (QED) is 0.532. The van der Waals surface area contributed by atoms with Gasteiger partial charge in [0.2, 0.25) is 0 Å². The van der Waals surface area contributed by atoms with E-state index in [1.807, 2.05) is 31.2 Å². The Hall–Kier alpha value is -3.12. The zero-order valence-electron chi connectivity index (χ0n) is 18.2. The van der Waals surface area contributed by atoms with Gasteiger partial charge in [0, 0.05) is 5.56 Å². The SMILES string of the molecule is Cc1cc(C(=O)N[C@@H](c2ccccc2C)C(C)C)ccc1NS(=O)(=O)c1ccccc1. The van der Waals surface area contributed by atoms with E-state index in [2.05, 4.69) is 23.9 Å². The summed E-state index contributed by atoms with van der Waals surface area (Å²) in [6.45, 7) is 7.96. The summed E-state index contributed by atoms with van der Waals surface area (Å²) in [6, 6.07) is 21.1. The monoisotopic (exact) mass is 436 g/mol. The van der Waals surface area contributed by atoms with E-state index in [-0.39, 0.29) is 22.8 Å². The molecular weight excluding hydrogens is 408 g/mol. The van der Waals surface area contributed by atoms with Gasteiger partial charge in [-0.2, -0.15) is 0 Å². The van der Waals surface area contributed by atoms with Crippen molar-refractivity contribution in [1.82, 2.24) is 5.32 Å². The van der Waals surface area contributed by atoms with E-state index in [9.17, 15) is 13.2 Å². The Morgan fingerprint density at radius 3 is 2.10 bits per heavy atom. The van der Waals surface area contributed by atoms with E-state index in [0.717, 1.165) is 11.1 Å². The number of rotatable bonds is 7. The largest absolute Gasteiger partial charge is 0.345 e. The maximum atomic E-state index is 13.0. The third-order valence-electron chi connectivity index (χ3n) is 5.26. The van der Waals surface area contributed by atoms with Crippen molar-refractivity contribution in [1.29, 1.82) is 0 Å². The van der Waals surface area contributed by atoms with Crippen LogP contribution in [0, 0.1) is 19.8 Å². The molecule has 0 spiro atoms. The fourth-order valence-corrected chi connectivity index (χ4v) is 4.64. The second kappa shape index (κ2) is 9.35. The summed E-state index contributed by atoms with van der Waals surface area (Å²) >= 11 is 0. The van der Waals surface area contributed by atoms with Crippen molar-refractivity contribution >= 4 is 21.6 Å². The Labute approximate surface area is 184 Å². The van der Waals surface area contributed by atoms with Crippen LogP contribution >= 0.6 is 0 Å². The summed E-state index contributed by atoms with van der Waals surface area (Å²) < 4.78 is 27.8. The Kier molecular flexibility index (Phi) is 6.81. The minimum Gasteiger partial charge on any atom is -0.345 e. The second-order valence-corrected chi connectivity index (χ2v) is 9.68. The predicted octanol–water partition coefficient (Wildman–Crippen LogP) is 5.23. The summed E-state index contributed by atoms with van der Waals surface area (Å²) in [5.74, 6) is 0.0191. The molecule has 0 aliphatic carbocycles. The van der Waals surface area contributed by atoms with Crippen LogP contribution < -0.4 is 10.0 Å². The lowest BCUT2D eigenvalue weighted by atomic mass is 9.92. The minimum absolute atomic E-state index is 0.120. The molecule has 1 atom stereocenters. The number of carbonyl (C=O) groups is 1. The van der Waals surface area contributed by atoms with Gasteiger partial charge in [-0.15, -0.1) is 0 Å². The van der Waals surface area contributed by atoms with Crippen molar-refractivity contribution in [3.63, 3.8) is 0 Å². The number of amides is 1. The summed E-state index contributed by atoms with van der Waals surface area (Å²) in [6.07, 6.45) is 0. The van der Waals surface area contributed by atoms with Crippen LogP contribution in [0.4, 0.5) is 5.69 Å². The molecule has 1 amide bonds. The smallest absolute Gasteiger partial charge is 0.261 e. The molecule has 31 heavy (non-hydrogen) atoms. The molecule has 6 heteroatoms. The van der Waals surface area contributed by atoms with Crippen LogP contribution in [0.3, 0.4) is 0 Å². The van der Waals surface area contributed by atoms with Gasteiger partial charge in [0.05, 0.1) is 16.6 Å². The number of hydrogen-bond donors (Lipinski definition) is 2. The number of benzene rings is 3. The fourth-order valence-electron chi connectivity index (χ4n) is 3.49. The first kappa shape index (κ1) is 22.6. The number of anilines is 1. The summed E-state index contributed by atoms with van der Waals surface area (Å²) in [7, 11) is -3.69. The lowest BCUT2D eigenvalue weighted by Crippen LogP contribution is -2.32. The van der Waals surface area contributed by atoms with Crippen LogP contribution in [-0.4, -0.2) is 14.3 Å². The maximum Gasteiger partial charge on any atom is 0.261 e. The van der Waals surface area contributed by atoms with Crippen LogP contribution in [0.2, 0.25) is 0 Å². The molecule has 0 aliphatic heterocycles. The molecule has 3 rings (SSSR count). The van der Waals surface area contributed by atoms with Crippen molar-refractivity contribution < 1.29 is 13.2 Å². The van der Waals surface area contributed by atoms with Crippen molar-refractivity contribution in [3.05, 3.63) is 95.1 Å². The van der Waals surface area contributed by atoms with Crippen molar-refractivity contribution in [2.45, 2.75) is 38.6 Å². The van der Waals surface area contributed by atoms with E-state index in [0.29, 0.717) is 16.8 Å². The number of carbonyl (C=O) groups excluding carboxylic acids is 1. The van der Waals surface area contributed by atoms with Crippen molar-refractivity contribution in [3.8, 4) is 0 Å². The molecular formula is C25H28N2O3S. The van der Waals surface area contributed by atoms with Crippen LogP contribution in [0.1, 0.15) is 46.9 Å². The molecule has 2 N–H and O–H groups in total. The number of nitrogens with one attached hydrogen (secondary N) is 2. The van der Waals surface area contributed by atoms with Gasteiger partial charge in [-0.1, -0.05) is 56.3 Å². The van der Waals surface area contributed by atoms with Crippen LogP contribution in [-0.2, 0) is 10.0 Å². The van der Waals surface area contributed by atoms with E-state index < -0.39 is 10.0 Å². The van der Waals surface area contributed by atoms with E-state index >= 15 is 0 Å². The van der Waals surface area contributed by atoms with E-state index in [1.54, 1.807) is 43.3 Å². The summed E-state index contributed by atoms with van der Waals surface area (Å²) in [5, 5.41) is 3.13. The first-order chi connectivity index (χ1) is 14.7. The molecule has 0 aliphatic rings. The average Bonchev–Trinajstić information content (AvgIpc) is 2.74. The first-order valence-corrected chi connectivity index (χ1v) is 11.7. The molecule has 0 unspecified atom stereocenters. The number of hydrogen-bond acceptors (Lipinski definition) is 3. The van der Waals surface area contributed by atoms with Crippen LogP contribution in [0.25, 0.3) is 0 Å². The molecule has 0 heterocycles. The molecule has 0 bridgehead atoms. The van der Waals surface area contributed by atoms with Crippen LogP contribution in [0.5, 0.6) is 0 Å². The van der Waals surface area contributed by atoms with Gasteiger partial charge in [0.25, 0.3) is 15.9 Å². The standard InChI is InChI=1S/C25H28N2O3S/c1-17(2)24(22-13-9-8-10-18(22)3)26-25(28)20-14-15-23(19(4)16-20)27-31(29,30)21-11-6-5-7-12-21/h5-17,24,27H,1-4H3,(H,26,28)/t24-/m1/s1. The predicted molar refractivity (Wildman–Crippen MR) is 125 cm³/mol. The number of sulfonamides is 1. The average molecular weight is 437 g/mol. The molecule has 0 fully saturated rings. The Morgan fingerprint density at radius 1 is 0.839 bits per heavy atom. The molecule has 0 aromatic heterocycles. The highest BCUT2D eigenvalue weighted by molar-refractivity contribution is 7.92. The highest BCUT2D eigenvalue weighted by atomic mass is 32.2. The van der Waals surface area contributed by atoms with Gasteiger partial charge in [-0.25, -0.2) is 8.42 Å². The molecule has 3 aromatic carbocycles. The molecule has 162 valence electrons. The third kappa shape index (κ3) is 5.33. The van der Waals surface area contributed by atoms with Gasteiger partial charge in [0.15, 0.2) is 0 Å². The van der Waals surface area contributed by atoms with Gasteiger partial charge in [0.1, 0.15) is 0 Å². The van der Waals surface area contributed by atoms with E-state index in [4.69, 9.17) is 0 Å². The second-order valence-electron chi connectivity index (χ2n) is 8.00. The van der Waals surface area contributed by atoms with Gasteiger partial charge in [-0.3, -0.25) is 9.52 Å². The van der Waals surface area contributed by atoms with Crippen LogP contribution in [0.15, 0.2) is 77.7 Å². The van der Waals surface area contributed by atoms with Gasteiger partial charge < -0.3 is 5.32 Å². The van der Waals surface area contributed by atoms with Gasteiger partial charge in [-0.05, 0) is 66.8 Å². The molecule has 0 saturated heterocycles. The minimum atomic E-state index is -3.69. The van der Waals surface area contributed by atoms with Crippen molar-refractivity contribution in [2.75, 3.05) is 4.72 Å². The third-order valence-corrected chi connectivity index (χ3v) is 6.64. The molecule has 0 radical (unpaired) electrons. The molecule has 5 nitrogen and oxygen atoms in total. The molecule has 3 aromatic rings. The lowest BCUT2D eigenvalue weighted by molar-refractivity contribution is 0.0925. The van der Waals surface area contributed by atoms with Crippen molar-refractivity contribution in [2.24, 2.45) is 5.92 Å². The number of aryl methyl sites for hydroxylation is 2. The topological polar surface area (TPSA) is 75.3 Å². The lowest BCUT2D eigenvalue weighted by Gasteiger charge is -2.25. The Balaban J connectivity index is 1.80. The highest BCUT2D eigenvalue weighted by Crippen LogP contribution is 2.26. The Morgan fingerprint density at radius 2 is 1.48 bits per heavy atom. The Bertz CT molecular complexity index is 1170. The summed E-state index contributed by atoms with van der Waals surface area (Å²) in [5.41, 5.74) is 3.82. The maximum absolute atomic E-state index is 13.0. The summed E-state index contributed by atoms with van der Waals surface area (Å²) in [4.78, 5) is 13.2. The highest BCUT2D eigenvalue weighted by Gasteiger charge is 2.21. The fraction of sp³-hybridized carbons (Fsp3) is 0.240.